The van der Waals surface area contributed by atoms with E-state index in [4.69, 9.17) is 10.5 Å². The second kappa shape index (κ2) is 7.57. The molecule has 1 fully saturated rings. The van der Waals surface area contributed by atoms with Gasteiger partial charge in [-0.25, -0.2) is 8.42 Å². The summed E-state index contributed by atoms with van der Waals surface area (Å²) in [5.74, 6) is 0.0710. The Morgan fingerprint density at radius 2 is 1.84 bits per heavy atom. The first-order chi connectivity index (χ1) is 8.86. The van der Waals surface area contributed by atoms with Crippen molar-refractivity contribution in [1.29, 1.82) is 0 Å². The third-order valence-corrected chi connectivity index (χ3v) is 5.56. The Kier molecular flexibility index (Phi) is 6.73. The maximum absolute atomic E-state index is 12.3. The largest absolute Gasteiger partial charge is 0.378 e. The molecule has 0 spiro atoms. The van der Waals surface area contributed by atoms with E-state index in [0.29, 0.717) is 6.54 Å². The van der Waals surface area contributed by atoms with Crippen LogP contribution >= 0.6 is 0 Å². The number of nitrogens with two attached hydrogens (primary N) is 1. The molecule has 0 amide bonds. The van der Waals surface area contributed by atoms with E-state index in [0.717, 1.165) is 25.7 Å². The minimum absolute atomic E-state index is 0.0676. The van der Waals surface area contributed by atoms with E-state index in [2.05, 4.69) is 0 Å². The van der Waals surface area contributed by atoms with Gasteiger partial charge >= 0.3 is 0 Å². The molecule has 1 aliphatic rings. The Bertz CT molecular complexity index is 349. The lowest BCUT2D eigenvalue weighted by Crippen LogP contribution is -2.45. The van der Waals surface area contributed by atoms with E-state index >= 15 is 0 Å². The van der Waals surface area contributed by atoms with Crippen molar-refractivity contribution in [2.45, 2.75) is 64.6 Å². The summed E-state index contributed by atoms with van der Waals surface area (Å²) < 4.78 is 31.7. The Balaban J connectivity index is 2.57. The average Bonchev–Trinajstić information content (AvgIpc) is 2.31. The lowest BCUT2D eigenvalue weighted by atomic mass is 9.92. The van der Waals surface area contributed by atoms with E-state index in [9.17, 15) is 8.42 Å². The number of hydrogen-bond acceptors (Lipinski definition) is 4. The first-order valence-electron chi connectivity index (χ1n) is 7.23. The molecule has 1 aliphatic carbocycles. The molecule has 0 unspecified atom stereocenters. The monoisotopic (exact) mass is 292 g/mol. The van der Waals surface area contributed by atoms with E-state index < -0.39 is 10.0 Å². The van der Waals surface area contributed by atoms with E-state index in [1.54, 1.807) is 4.31 Å². The highest BCUT2D eigenvalue weighted by atomic mass is 32.2. The van der Waals surface area contributed by atoms with Crippen LogP contribution < -0.4 is 5.73 Å². The standard InChI is InChI=1S/C13H28N2O3S/c1-4-15(13-7-5-12(14)6-8-13)19(16,17)10-9-18-11(2)3/h11-13H,4-10,14H2,1-3H3. The molecule has 0 aromatic rings. The molecule has 5 nitrogen and oxygen atoms in total. The molecule has 0 aromatic carbocycles. The van der Waals surface area contributed by atoms with E-state index in [1.807, 2.05) is 20.8 Å². The first kappa shape index (κ1) is 16.9. The lowest BCUT2D eigenvalue weighted by molar-refractivity contribution is 0.0903. The van der Waals surface area contributed by atoms with Crippen LogP contribution in [-0.2, 0) is 14.8 Å². The van der Waals surface area contributed by atoms with Crippen LogP contribution in [0.1, 0.15) is 46.5 Å². The summed E-state index contributed by atoms with van der Waals surface area (Å²) in [7, 11) is -3.22. The van der Waals surface area contributed by atoms with Gasteiger partial charge in [0.1, 0.15) is 0 Å². The van der Waals surface area contributed by atoms with Crippen LogP contribution in [0.4, 0.5) is 0 Å². The second-order valence-corrected chi connectivity index (χ2v) is 7.55. The van der Waals surface area contributed by atoms with Crippen molar-refractivity contribution in [2.24, 2.45) is 5.73 Å². The zero-order valence-electron chi connectivity index (χ0n) is 12.3. The molecular formula is C13H28N2O3S. The smallest absolute Gasteiger partial charge is 0.216 e. The lowest BCUT2D eigenvalue weighted by Gasteiger charge is -2.34. The maximum Gasteiger partial charge on any atom is 0.216 e. The number of rotatable bonds is 7. The van der Waals surface area contributed by atoms with Gasteiger partial charge in [-0.05, 0) is 39.5 Å². The highest BCUT2D eigenvalue weighted by Crippen LogP contribution is 2.24. The Morgan fingerprint density at radius 1 is 1.26 bits per heavy atom. The van der Waals surface area contributed by atoms with Crippen molar-refractivity contribution in [3.8, 4) is 0 Å². The third-order valence-electron chi connectivity index (χ3n) is 3.61. The SMILES string of the molecule is CCN(C1CCC(N)CC1)S(=O)(=O)CCOC(C)C. The third kappa shape index (κ3) is 5.38. The number of ether oxygens (including phenoxy) is 1. The fourth-order valence-corrected chi connectivity index (χ4v) is 4.18. The number of hydrogen-bond donors (Lipinski definition) is 1. The molecule has 19 heavy (non-hydrogen) atoms. The van der Waals surface area contributed by atoms with Gasteiger partial charge in [0.25, 0.3) is 0 Å². The van der Waals surface area contributed by atoms with Crippen LogP contribution in [0.5, 0.6) is 0 Å². The van der Waals surface area contributed by atoms with Crippen LogP contribution in [-0.4, -0.2) is 49.8 Å². The quantitative estimate of drug-likeness (QED) is 0.768. The summed E-state index contributed by atoms with van der Waals surface area (Å²) in [6.07, 6.45) is 3.65. The first-order valence-corrected chi connectivity index (χ1v) is 8.84. The summed E-state index contributed by atoms with van der Waals surface area (Å²) in [5, 5.41) is 0. The molecule has 0 radical (unpaired) electrons. The fourth-order valence-electron chi connectivity index (χ4n) is 2.58. The van der Waals surface area contributed by atoms with Gasteiger partial charge in [-0.1, -0.05) is 6.92 Å². The van der Waals surface area contributed by atoms with Gasteiger partial charge in [-0.15, -0.1) is 0 Å². The van der Waals surface area contributed by atoms with Gasteiger partial charge in [0.15, 0.2) is 0 Å². The second-order valence-electron chi connectivity index (χ2n) is 5.51. The molecule has 2 N–H and O–H groups in total. The van der Waals surface area contributed by atoms with Crippen molar-refractivity contribution in [3.63, 3.8) is 0 Å². The average molecular weight is 292 g/mol. The molecule has 0 heterocycles. The predicted molar refractivity (Wildman–Crippen MR) is 77.5 cm³/mol. The Morgan fingerprint density at radius 3 is 2.32 bits per heavy atom. The van der Waals surface area contributed by atoms with Gasteiger partial charge in [0.2, 0.25) is 10.0 Å². The molecule has 1 saturated carbocycles. The molecule has 6 heteroatoms. The van der Waals surface area contributed by atoms with Gasteiger partial charge in [0.05, 0.1) is 18.5 Å². The van der Waals surface area contributed by atoms with Crippen LogP contribution in [0, 0.1) is 0 Å². The van der Waals surface area contributed by atoms with Crippen LogP contribution in [0.3, 0.4) is 0 Å². The van der Waals surface area contributed by atoms with Crippen LogP contribution in [0.2, 0.25) is 0 Å². The predicted octanol–water partition coefficient (Wildman–Crippen LogP) is 1.33. The summed E-state index contributed by atoms with van der Waals surface area (Å²) in [6.45, 7) is 6.52. The van der Waals surface area contributed by atoms with Crippen LogP contribution in [0.15, 0.2) is 0 Å². The molecule has 0 atom stereocenters. The Labute approximate surface area is 117 Å². The van der Waals surface area contributed by atoms with Gasteiger partial charge in [-0.3, -0.25) is 0 Å². The highest BCUT2D eigenvalue weighted by Gasteiger charge is 2.31. The van der Waals surface area contributed by atoms with Gasteiger partial charge < -0.3 is 10.5 Å². The van der Waals surface area contributed by atoms with Crippen molar-refractivity contribution in [1.82, 2.24) is 4.31 Å². The zero-order chi connectivity index (χ0) is 14.5. The van der Waals surface area contributed by atoms with E-state index in [-0.39, 0.29) is 30.5 Å². The maximum atomic E-state index is 12.3. The molecule has 114 valence electrons. The minimum Gasteiger partial charge on any atom is -0.378 e. The summed E-state index contributed by atoms with van der Waals surface area (Å²) >= 11 is 0. The highest BCUT2D eigenvalue weighted by molar-refractivity contribution is 7.89. The number of nitrogens with zero attached hydrogens (tertiary/aromatic N) is 1. The molecule has 0 aliphatic heterocycles. The fraction of sp³-hybridized carbons (Fsp3) is 1.00. The molecule has 0 aromatic heterocycles. The van der Waals surface area contributed by atoms with Gasteiger partial charge in [0, 0.05) is 18.6 Å². The van der Waals surface area contributed by atoms with Crippen molar-refractivity contribution in [2.75, 3.05) is 18.9 Å². The summed E-state index contributed by atoms with van der Waals surface area (Å²) in [5.41, 5.74) is 5.87. The Hall–Kier alpha value is -0.170. The summed E-state index contributed by atoms with van der Waals surface area (Å²) in [6, 6.07) is 0.357. The molecule has 1 rings (SSSR count). The van der Waals surface area contributed by atoms with Gasteiger partial charge in [-0.2, -0.15) is 4.31 Å². The minimum atomic E-state index is -3.22. The van der Waals surface area contributed by atoms with E-state index in [1.165, 1.54) is 0 Å². The van der Waals surface area contributed by atoms with Crippen LogP contribution in [0.25, 0.3) is 0 Å². The van der Waals surface area contributed by atoms with Crippen molar-refractivity contribution in [3.05, 3.63) is 0 Å². The topological polar surface area (TPSA) is 72.6 Å². The van der Waals surface area contributed by atoms with Crippen molar-refractivity contribution >= 4 is 10.0 Å². The van der Waals surface area contributed by atoms with Crippen molar-refractivity contribution < 1.29 is 13.2 Å². The normalized spacial score (nSPS) is 25.2. The number of sulfonamides is 1. The molecule has 0 saturated heterocycles. The summed E-state index contributed by atoms with van der Waals surface area (Å²) in [4.78, 5) is 0. The molecular weight excluding hydrogens is 264 g/mol. The molecule has 0 bridgehead atoms. The zero-order valence-corrected chi connectivity index (χ0v) is 13.2.